The topological polar surface area (TPSA) is 80.3 Å². The predicted octanol–water partition coefficient (Wildman–Crippen LogP) is 0.470. The molecule has 3 heterocycles. The lowest BCUT2D eigenvalue weighted by molar-refractivity contribution is -0.346. The summed E-state index contributed by atoms with van der Waals surface area (Å²) in [6.45, 7) is 7.62. The van der Waals surface area contributed by atoms with Crippen LogP contribution in [0.5, 0.6) is 0 Å². The first-order valence-electron chi connectivity index (χ1n) is 7.46. The fourth-order valence-corrected chi connectivity index (χ4v) is 4.17. The van der Waals surface area contributed by atoms with Gasteiger partial charge in [-0.25, -0.2) is 8.42 Å². The average molecular weight is 336 g/mol. The molecule has 0 aromatic carbocycles. The quantitative estimate of drug-likeness (QED) is 0.725. The Morgan fingerprint density at radius 2 is 1.55 bits per heavy atom. The van der Waals surface area contributed by atoms with Crippen LogP contribution in [0.15, 0.2) is 0 Å². The second kappa shape index (κ2) is 5.12. The minimum absolute atomic E-state index is 0.111. The van der Waals surface area contributed by atoms with Crippen molar-refractivity contribution in [2.24, 2.45) is 0 Å². The molecule has 0 aromatic rings. The first-order chi connectivity index (χ1) is 9.96. The van der Waals surface area contributed by atoms with Gasteiger partial charge in [0.1, 0.15) is 40.4 Å². The number of hydrogen-bond acceptors (Lipinski definition) is 7. The predicted molar refractivity (Wildman–Crippen MR) is 77.1 cm³/mol. The highest BCUT2D eigenvalue weighted by atomic mass is 32.2. The van der Waals surface area contributed by atoms with Crippen LogP contribution < -0.4 is 0 Å². The Labute approximate surface area is 131 Å². The van der Waals surface area contributed by atoms with Crippen molar-refractivity contribution in [2.75, 3.05) is 18.6 Å². The van der Waals surface area contributed by atoms with Crippen LogP contribution in [-0.4, -0.2) is 69.1 Å². The van der Waals surface area contributed by atoms with E-state index in [1.807, 2.05) is 27.7 Å². The zero-order chi connectivity index (χ0) is 16.3. The Morgan fingerprint density at radius 1 is 0.955 bits per heavy atom. The Bertz CT molecular complexity index is 541. The maximum atomic E-state index is 11.7. The normalized spacial score (nSPS) is 43.4. The smallest absolute Gasteiger partial charge is 0.164 e. The van der Waals surface area contributed by atoms with Crippen molar-refractivity contribution in [3.8, 4) is 0 Å². The minimum Gasteiger partial charge on any atom is -0.366 e. The molecule has 22 heavy (non-hydrogen) atoms. The number of ether oxygens (including phenoxy) is 5. The molecule has 5 atom stereocenters. The van der Waals surface area contributed by atoms with Gasteiger partial charge in [-0.1, -0.05) is 0 Å². The van der Waals surface area contributed by atoms with E-state index in [4.69, 9.17) is 23.7 Å². The molecule has 0 radical (unpaired) electrons. The van der Waals surface area contributed by atoms with E-state index >= 15 is 0 Å². The van der Waals surface area contributed by atoms with Crippen molar-refractivity contribution in [2.45, 2.75) is 69.8 Å². The number of sulfone groups is 1. The standard InChI is InChI=1S/C14H24O7S/c1-13(2)17-6-8-10(19-13)12-11(20-14(3,4)21-12)9(18-8)7-22(5,15)16/h8-12H,6-7H2,1-5H3/t8-,9-,10-,11-,12+/m1/s1. The van der Waals surface area contributed by atoms with Crippen molar-refractivity contribution in [3.05, 3.63) is 0 Å². The van der Waals surface area contributed by atoms with E-state index in [0.717, 1.165) is 0 Å². The van der Waals surface area contributed by atoms with E-state index in [1.165, 1.54) is 6.26 Å². The van der Waals surface area contributed by atoms with Gasteiger partial charge in [-0.3, -0.25) is 0 Å². The van der Waals surface area contributed by atoms with Gasteiger partial charge in [0, 0.05) is 6.26 Å². The summed E-state index contributed by atoms with van der Waals surface area (Å²) in [6.07, 6.45) is -0.945. The van der Waals surface area contributed by atoms with Gasteiger partial charge < -0.3 is 23.7 Å². The van der Waals surface area contributed by atoms with Gasteiger partial charge in [-0.05, 0) is 27.7 Å². The van der Waals surface area contributed by atoms with Crippen LogP contribution in [0, 0.1) is 0 Å². The van der Waals surface area contributed by atoms with E-state index in [-0.39, 0.29) is 24.1 Å². The molecule has 0 amide bonds. The van der Waals surface area contributed by atoms with Gasteiger partial charge in [0.2, 0.25) is 0 Å². The lowest BCUT2D eigenvalue weighted by atomic mass is 9.94. The zero-order valence-corrected chi connectivity index (χ0v) is 14.4. The molecule has 3 fully saturated rings. The third-order valence-electron chi connectivity index (χ3n) is 4.05. The third-order valence-corrected chi connectivity index (χ3v) is 4.99. The van der Waals surface area contributed by atoms with Crippen molar-refractivity contribution in [1.82, 2.24) is 0 Å². The summed E-state index contributed by atoms with van der Waals surface area (Å²) < 4.78 is 52.7. The van der Waals surface area contributed by atoms with Gasteiger partial charge in [-0.15, -0.1) is 0 Å². The highest BCUT2D eigenvalue weighted by Crippen LogP contribution is 2.42. The molecule has 3 saturated heterocycles. The van der Waals surface area contributed by atoms with Gasteiger partial charge in [0.05, 0.1) is 12.4 Å². The molecule has 3 rings (SSSR count). The number of fused-ring (bicyclic) bond motifs is 3. The van der Waals surface area contributed by atoms with Gasteiger partial charge in [0.15, 0.2) is 11.6 Å². The van der Waals surface area contributed by atoms with Crippen LogP contribution in [0.2, 0.25) is 0 Å². The number of rotatable bonds is 2. The van der Waals surface area contributed by atoms with Crippen LogP contribution in [0.3, 0.4) is 0 Å². The zero-order valence-electron chi connectivity index (χ0n) is 13.6. The SMILES string of the molecule is CC1(C)OC[C@H]2O[C@H](CS(C)(=O)=O)[C@H]3OC(C)(C)O[C@H]3[C@@H]2O1. The molecule has 0 saturated carbocycles. The Hall–Kier alpha value is -0.250. The molecule has 7 nitrogen and oxygen atoms in total. The van der Waals surface area contributed by atoms with Crippen molar-refractivity contribution < 1.29 is 32.1 Å². The van der Waals surface area contributed by atoms with E-state index < -0.39 is 33.6 Å². The van der Waals surface area contributed by atoms with Gasteiger partial charge >= 0.3 is 0 Å². The Morgan fingerprint density at radius 3 is 2.18 bits per heavy atom. The summed E-state index contributed by atoms with van der Waals surface area (Å²) >= 11 is 0. The van der Waals surface area contributed by atoms with E-state index in [9.17, 15) is 8.42 Å². The second-order valence-electron chi connectivity index (χ2n) is 7.16. The summed E-state index contributed by atoms with van der Waals surface area (Å²) in [7, 11) is -3.20. The van der Waals surface area contributed by atoms with Crippen molar-refractivity contribution >= 4 is 9.84 Å². The van der Waals surface area contributed by atoms with Crippen LogP contribution in [0.4, 0.5) is 0 Å². The first kappa shape index (κ1) is 16.6. The van der Waals surface area contributed by atoms with Crippen LogP contribution in [-0.2, 0) is 33.5 Å². The third kappa shape index (κ3) is 3.32. The summed E-state index contributed by atoms with van der Waals surface area (Å²) in [5.41, 5.74) is 0. The lowest BCUT2D eigenvalue weighted by Gasteiger charge is -2.48. The molecule has 0 aliphatic carbocycles. The maximum Gasteiger partial charge on any atom is 0.164 e. The molecule has 3 aliphatic heterocycles. The minimum atomic E-state index is -3.20. The molecule has 3 aliphatic rings. The highest BCUT2D eigenvalue weighted by Gasteiger charge is 2.58. The fraction of sp³-hybridized carbons (Fsp3) is 1.00. The van der Waals surface area contributed by atoms with E-state index in [0.29, 0.717) is 6.61 Å². The highest BCUT2D eigenvalue weighted by molar-refractivity contribution is 7.90. The molecule has 128 valence electrons. The van der Waals surface area contributed by atoms with Crippen LogP contribution in [0.1, 0.15) is 27.7 Å². The van der Waals surface area contributed by atoms with Crippen LogP contribution >= 0.6 is 0 Å². The summed E-state index contributed by atoms with van der Waals surface area (Å²) in [5, 5.41) is 0. The van der Waals surface area contributed by atoms with Crippen molar-refractivity contribution in [1.29, 1.82) is 0 Å². The summed E-state index contributed by atoms with van der Waals surface area (Å²) in [4.78, 5) is 0. The lowest BCUT2D eigenvalue weighted by Crippen LogP contribution is -2.64. The molecular weight excluding hydrogens is 312 g/mol. The average Bonchev–Trinajstić information content (AvgIpc) is 2.64. The molecule has 0 aromatic heterocycles. The molecule has 0 spiro atoms. The molecule has 0 bridgehead atoms. The molecule has 0 N–H and O–H groups in total. The fourth-order valence-electron chi connectivity index (χ4n) is 3.30. The molecule has 8 heteroatoms. The van der Waals surface area contributed by atoms with Crippen LogP contribution in [0.25, 0.3) is 0 Å². The number of hydrogen-bond donors (Lipinski definition) is 0. The first-order valence-corrected chi connectivity index (χ1v) is 9.52. The summed E-state index contributed by atoms with van der Waals surface area (Å²) in [5.74, 6) is -1.63. The van der Waals surface area contributed by atoms with Gasteiger partial charge in [-0.2, -0.15) is 0 Å². The van der Waals surface area contributed by atoms with E-state index in [2.05, 4.69) is 0 Å². The molecule has 0 unspecified atom stereocenters. The Kier molecular flexibility index (Phi) is 3.87. The second-order valence-corrected chi connectivity index (χ2v) is 9.35. The Balaban J connectivity index is 1.87. The summed E-state index contributed by atoms with van der Waals surface area (Å²) in [6, 6.07) is 0. The maximum absolute atomic E-state index is 11.7. The monoisotopic (exact) mass is 336 g/mol. The largest absolute Gasteiger partial charge is 0.366 e. The van der Waals surface area contributed by atoms with Gasteiger partial charge in [0.25, 0.3) is 0 Å². The van der Waals surface area contributed by atoms with E-state index in [1.54, 1.807) is 0 Å². The van der Waals surface area contributed by atoms with Crippen molar-refractivity contribution in [3.63, 3.8) is 0 Å². The molecular formula is C14H24O7S.